The number of aryl methyl sites for hydroxylation is 1. The first-order valence-electron chi connectivity index (χ1n) is 11.8. The smallest absolute Gasteiger partial charge is 0.336 e. The Morgan fingerprint density at radius 2 is 1.51 bits per heavy atom. The minimum atomic E-state index is -0.483. The molecule has 0 atom stereocenters. The predicted molar refractivity (Wildman–Crippen MR) is 144 cm³/mol. The van der Waals surface area contributed by atoms with Crippen molar-refractivity contribution in [3.8, 4) is 5.69 Å². The Balaban J connectivity index is 1.38. The highest BCUT2D eigenvalue weighted by atomic mass is 32.1. The first-order valence-corrected chi connectivity index (χ1v) is 12.7. The summed E-state index contributed by atoms with van der Waals surface area (Å²) in [5, 5.41) is 4.69. The van der Waals surface area contributed by atoms with E-state index in [1.54, 1.807) is 47.8 Å². The molecule has 3 aromatic carbocycles. The molecule has 0 radical (unpaired) electrons. The third-order valence-corrected chi connectivity index (χ3v) is 7.07. The average molecular weight is 514 g/mol. The molecule has 6 nitrogen and oxygen atoms in total. The van der Waals surface area contributed by atoms with Gasteiger partial charge in [-0.2, -0.15) is 0 Å². The van der Waals surface area contributed by atoms with Crippen LogP contribution in [0.15, 0.2) is 93.8 Å². The molecule has 5 aromatic rings. The first kappa shape index (κ1) is 24.4. The molecule has 0 aliphatic heterocycles. The van der Waals surface area contributed by atoms with Crippen molar-refractivity contribution < 1.29 is 9.18 Å². The number of rotatable bonds is 7. The Morgan fingerprint density at radius 3 is 2.22 bits per heavy atom. The number of carbonyl (C=O) groups is 1. The van der Waals surface area contributed by atoms with Crippen LogP contribution in [0.4, 0.5) is 4.39 Å². The second-order valence-corrected chi connectivity index (χ2v) is 9.79. The molecule has 0 saturated carbocycles. The number of benzene rings is 3. The fraction of sp³-hybridized carbons (Fsp3) is 0.138. The van der Waals surface area contributed by atoms with E-state index in [0.29, 0.717) is 22.4 Å². The molecule has 0 unspecified atom stereocenters. The Kier molecular flexibility index (Phi) is 6.83. The predicted octanol–water partition coefficient (Wildman–Crippen LogP) is 4.57. The molecule has 0 saturated heterocycles. The SMILES string of the molecule is Cc1ccc(CNC(=O)Cc2ccc(-n3c(=O)c4sccc4n(Cc4ccc(F)cc4)c3=O)cc2)cc1. The fourth-order valence-corrected chi connectivity index (χ4v) is 4.98. The van der Waals surface area contributed by atoms with E-state index in [1.165, 1.54) is 28.0 Å². The number of halogens is 1. The van der Waals surface area contributed by atoms with Gasteiger partial charge in [-0.25, -0.2) is 13.8 Å². The van der Waals surface area contributed by atoms with Gasteiger partial charge in [-0.3, -0.25) is 14.2 Å². The minimum absolute atomic E-state index is 0.118. The van der Waals surface area contributed by atoms with Gasteiger partial charge in [0.1, 0.15) is 10.5 Å². The van der Waals surface area contributed by atoms with Crippen molar-refractivity contribution in [1.29, 1.82) is 0 Å². The Labute approximate surface area is 216 Å². The summed E-state index contributed by atoms with van der Waals surface area (Å²) < 4.78 is 16.5. The van der Waals surface area contributed by atoms with Gasteiger partial charge >= 0.3 is 5.69 Å². The number of aromatic nitrogens is 2. The highest BCUT2D eigenvalue weighted by molar-refractivity contribution is 7.17. The van der Waals surface area contributed by atoms with Crippen molar-refractivity contribution in [1.82, 2.24) is 14.5 Å². The van der Waals surface area contributed by atoms with Gasteiger partial charge in [0.05, 0.1) is 24.2 Å². The molecule has 1 N–H and O–H groups in total. The summed E-state index contributed by atoms with van der Waals surface area (Å²) >= 11 is 1.27. The van der Waals surface area contributed by atoms with Crippen molar-refractivity contribution in [2.75, 3.05) is 0 Å². The van der Waals surface area contributed by atoms with E-state index in [4.69, 9.17) is 0 Å². The molecule has 186 valence electrons. The number of carbonyl (C=O) groups excluding carboxylic acids is 1. The third-order valence-electron chi connectivity index (χ3n) is 6.18. The molecule has 0 spiro atoms. The quantitative estimate of drug-likeness (QED) is 0.347. The second-order valence-electron chi connectivity index (χ2n) is 8.88. The lowest BCUT2D eigenvalue weighted by Gasteiger charge is -2.13. The number of nitrogens with zero attached hydrogens (tertiary/aromatic N) is 2. The molecule has 37 heavy (non-hydrogen) atoms. The summed E-state index contributed by atoms with van der Waals surface area (Å²) in [7, 11) is 0. The highest BCUT2D eigenvalue weighted by Gasteiger charge is 2.16. The summed E-state index contributed by atoms with van der Waals surface area (Å²) in [4.78, 5) is 39.1. The average Bonchev–Trinajstić information content (AvgIpc) is 3.39. The first-order chi connectivity index (χ1) is 17.9. The third kappa shape index (κ3) is 5.29. The molecule has 2 aromatic heterocycles. The zero-order valence-electron chi connectivity index (χ0n) is 20.1. The Morgan fingerprint density at radius 1 is 0.865 bits per heavy atom. The van der Waals surface area contributed by atoms with E-state index in [9.17, 15) is 18.8 Å². The number of fused-ring (bicyclic) bond motifs is 1. The molecule has 0 aliphatic rings. The molecule has 1 amide bonds. The number of amides is 1. The van der Waals surface area contributed by atoms with E-state index in [2.05, 4.69) is 5.32 Å². The van der Waals surface area contributed by atoms with Crippen LogP contribution < -0.4 is 16.6 Å². The molecule has 2 heterocycles. The van der Waals surface area contributed by atoms with E-state index >= 15 is 0 Å². The zero-order chi connectivity index (χ0) is 25.9. The highest BCUT2D eigenvalue weighted by Crippen LogP contribution is 2.18. The van der Waals surface area contributed by atoms with Crippen LogP contribution in [-0.4, -0.2) is 15.0 Å². The maximum absolute atomic E-state index is 13.5. The van der Waals surface area contributed by atoms with Gasteiger partial charge in [0.15, 0.2) is 0 Å². The molecule has 5 rings (SSSR count). The van der Waals surface area contributed by atoms with Crippen LogP contribution in [0.25, 0.3) is 15.9 Å². The van der Waals surface area contributed by atoms with E-state index in [-0.39, 0.29) is 24.7 Å². The largest absolute Gasteiger partial charge is 0.352 e. The normalized spacial score (nSPS) is 11.1. The summed E-state index contributed by atoms with van der Waals surface area (Å²) in [6.45, 7) is 2.66. The number of hydrogen-bond donors (Lipinski definition) is 1. The lowest BCUT2D eigenvalue weighted by atomic mass is 10.1. The molecule has 0 aliphatic carbocycles. The van der Waals surface area contributed by atoms with Crippen LogP contribution in [0.2, 0.25) is 0 Å². The van der Waals surface area contributed by atoms with Gasteiger partial charge in [0, 0.05) is 6.54 Å². The summed E-state index contributed by atoms with van der Waals surface area (Å²) in [6.07, 6.45) is 0.180. The van der Waals surface area contributed by atoms with Crippen LogP contribution in [0.5, 0.6) is 0 Å². The topological polar surface area (TPSA) is 73.1 Å². The van der Waals surface area contributed by atoms with Crippen molar-refractivity contribution in [2.45, 2.75) is 26.4 Å². The number of hydrogen-bond acceptors (Lipinski definition) is 4. The van der Waals surface area contributed by atoms with Crippen molar-refractivity contribution in [3.05, 3.63) is 133 Å². The van der Waals surface area contributed by atoms with Crippen molar-refractivity contribution in [3.63, 3.8) is 0 Å². The maximum Gasteiger partial charge on any atom is 0.336 e. The fourth-order valence-electron chi connectivity index (χ4n) is 4.16. The molecular weight excluding hydrogens is 489 g/mol. The van der Waals surface area contributed by atoms with E-state index < -0.39 is 11.2 Å². The summed E-state index contributed by atoms with van der Waals surface area (Å²) in [6, 6.07) is 22.5. The summed E-state index contributed by atoms with van der Waals surface area (Å²) in [5.74, 6) is -0.474. The molecule has 8 heteroatoms. The van der Waals surface area contributed by atoms with Gasteiger partial charge in [0.25, 0.3) is 5.56 Å². The monoisotopic (exact) mass is 513 g/mol. The number of nitrogens with one attached hydrogen (secondary N) is 1. The lowest BCUT2D eigenvalue weighted by Crippen LogP contribution is -2.38. The standard InChI is InChI=1S/C29H24FN3O3S/c1-19-2-4-21(5-3-19)17-31-26(34)16-20-8-12-24(13-9-20)33-28(35)27-25(14-15-37-27)32(29(33)36)18-22-6-10-23(30)11-7-22/h2-15H,16-18H2,1H3,(H,31,34). The van der Waals surface area contributed by atoms with Gasteiger partial charge < -0.3 is 5.32 Å². The van der Waals surface area contributed by atoms with Crippen LogP contribution in [-0.2, 0) is 24.3 Å². The van der Waals surface area contributed by atoms with Crippen LogP contribution >= 0.6 is 11.3 Å². The lowest BCUT2D eigenvalue weighted by molar-refractivity contribution is -0.120. The van der Waals surface area contributed by atoms with E-state index in [1.807, 2.05) is 31.2 Å². The Bertz CT molecular complexity index is 1680. The van der Waals surface area contributed by atoms with Crippen LogP contribution in [0.1, 0.15) is 22.3 Å². The van der Waals surface area contributed by atoms with Crippen LogP contribution in [0.3, 0.4) is 0 Å². The minimum Gasteiger partial charge on any atom is -0.352 e. The second kappa shape index (κ2) is 10.4. The van der Waals surface area contributed by atoms with Gasteiger partial charge in [-0.15, -0.1) is 11.3 Å². The van der Waals surface area contributed by atoms with E-state index in [0.717, 1.165) is 26.8 Å². The van der Waals surface area contributed by atoms with Gasteiger partial charge in [-0.1, -0.05) is 54.1 Å². The Hall–Kier alpha value is -4.30. The number of thiophene rings is 1. The maximum atomic E-state index is 13.5. The van der Waals surface area contributed by atoms with Crippen LogP contribution in [0, 0.1) is 12.7 Å². The molecule has 0 fully saturated rings. The molecular formula is C29H24FN3O3S. The van der Waals surface area contributed by atoms with Gasteiger partial charge in [-0.05, 0) is 59.3 Å². The summed E-state index contributed by atoms with van der Waals surface area (Å²) in [5.41, 5.74) is 3.78. The van der Waals surface area contributed by atoms with Crippen molar-refractivity contribution >= 4 is 27.5 Å². The van der Waals surface area contributed by atoms with Crippen molar-refractivity contribution in [2.24, 2.45) is 0 Å². The molecule has 0 bridgehead atoms. The zero-order valence-corrected chi connectivity index (χ0v) is 20.9. The van der Waals surface area contributed by atoms with Gasteiger partial charge in [0.2, 0.25) is 5.91 Å².